The normalized spacial score (nSPS) is 18.6. The van der Waals surface area contributed by atoms with Crippen LogP contribution >= 0.6 is 0 Å². The third kappa shape index (κ3) is 5.32. The average molecular weight is 393 g/mol. The monoisotopic (exact) mass is 392 g/mol. The zero-order chi connectivity index (χ0) is 19.4. The third-order valence-electron chi connectivity index (χ3n) is 5.37. The minimum absolute atomic E-state index is 0.219. The molecule has 1 aromatic carbocycles. The number of aryl methyl sites for hydroxylation is 1. The minimum atomic E-state index is -3.38. The summed E-state index contributed by atoms with van der Waals surface area (Å²) in [7, 11) is -3.38. The summed E-state index contributed by atoms with van der Waals surface area (Å²) < 4.78 is 27.0. The van der Waals surface area contributed by atoms with Gasteiger partial charge in [-0.15, -0.1) is 0 Å². The number of rotatable bonds is 8. The van der Waals surface area contributed by atoms with Crippen LogP contribution in [0.15, 0.2) is 29.2 Å². The molecule has 1 aromatic rings. The van der Waals surface area contributed by atoms with Gasteiger partial charge in [-0.1, -0.05) is 32.4 Å². The molecule has 1 amide bonds. The van der Waals surface area contributed by atoms with Crippen molar-refractivity contribution in [2.24, 2.45) is 5.92 Å². The van der Waals surface area contributed by atoms with E-state index in [0.29, 0.717) is 42.8 Å². The fourth-order valence-electron chi connectivity index (χ4n) is 3.71. The number of piperidine rings is 1. The zero-order valence-corrected chi connectivity index (χ0v) is 17.4. The highest BCUT2D eigenvalue weighted by Gasteiger charge is 2.32. The summed E-state index contributed by atoms with van der Waals surface area (Å²) in [5, 5.41) is 0. The molecule has 0 spiro atoms. The minimum Gasteiger partial charge on any atom is -0.339 e. The number of sulfonamides is 1. The molecule has 0 N–H and O–H groups in total. The Morgan fingerprint density at radius 3 is 2.30 bits per heavy atom. The van der Waals surface area contributed by atoms with Crippen molar-refractivity contribution in [2.45, 2.75) is 69.7 Å². The van der Waals surface area contributed by atoms with E-state index in [2.05, 4.69) is 13.8 Å². The van der Waals surface area contributed by atoms with Crippen LogP contribution in [0, 0.1) is 5.92 Å². The molecule has 3 rings (SSSR count). The Bertz CT molecular complexity index is 733. The lowest BCUT2D eigenvalue weighted by molar-refractivity contribution is -0.132. The maximum absolute atomic E-state index is 12.7. The van der Waals surface area contributed by atoms with Crippen LogP contribution < -0.4 is 0 Å². The van der Waals surface area contributed by atoms with Gasteiger partial charge in [0.25, 0.3) is 0 Å². The van der Waals surface area contributed by atoms with Gasteiger partial charge in [-0.25, -0.2) is 8.42 Å². The van der Waals surface area contributed by atoms with Gasteiger partial charge in [-0.2, -0.15) is 4.31 Å². The lowest BCUT2D eigenvalue weighted by Gasteiger charge is -2.26. The Morgan fingerprint density at radius 1 is 1.11 bits per heavy atom. The first-order valence-corrected chi connectivity index (χ1v) is 11.7. The first-order chi connectivity index (χ1) is 12.9. The molecule has 27 heavy (non-hydrogen) atoms. The van der Waals surface area contributed by atoms with Crippen LogP contribution in [0.1, 0.15) is 57.9 Å². The lowest BCUT2D eigenvalue weighted by Crippen LogP contribution is -2.36. The molecule has 6 heteroatoms. The molecule has 1 aliphatic heterocycles. The SMILES string of the molecule is CC(C)CN(C(=O)CCc1ccc(S(=O)(=O)N2CCCCC2)cc1)C1CC1. The first kappa shape index (κ1) is 20.3. The molecule has 1 saturated carbocycles. The van der Waals surface area contributed by atoms with Crippen LogP contribution in [0.3, 0.4) is 0 Å². The second kappa shape index (κ2) is 8.74. The van der Waals surface area contributed by atoms with Crippen LogP contribution in [0.4, 0.5) is 0 Å². The van der Waals surface area contributed by atoms with Crippen molar-refractivity contribution in [3.8, 4) is 0 Å². The smallest absolute Gasteiger partial charge is 0.243 e. The molecule has 0 radical (unpaired) electrons. The number of hydrogen-bond donors (Lipinski definition) is 0. The van der Waals surface area contributed by atoms with Crippen molar-refractivity contribution in [3.05, 3.63) is 29.8 Å². The summed E-state index contributed by atoms with van der Waals surface area (Å²) in [5.41, 5.74) is 1.02. The van der Waals surface area contributed by atoms with Gasteiger partial charge in [0.15, 0.2) is 0 Å². The van der Waals surface area contributed by atoms with Crippen molar-refractivity contribution >= 4 is 15.9 Å². The van der Waals surface area contributed by atoms with Crippen LogP contribution in [0.2, 0.25) is 0 Å². The molecule has 0 bridgehead atoms. The first-order valence-electron chi connectivity index (χ1n) is 10.3. The second-order valence-electron chi connectivity index (χ2n) is 8.28. The fraction of sp³-hybridized carbons (Fsp3) is 0.667. The summed E-state index contributed by atoms with van der Waals surface area (Å²) in [6, 6.07) is 7.53. The van der Waals surface area contributed by atoms with E-state index in [-0.39, 0.29) is 5.91 Å². The van der Waals surface area contributed by atoms with E-state index in [0.717, 1.165) is 44.2 Å². The summed E-state index contributed by atoms with van der Waals surface area (Å²) in [5.74, 6) is 0.699. The summed E-state index contributed by atoms with van der Waals surface area (Å²) >= 11 is 0. The predicted molar refractivity (Wildman–Crippen MR) is 107 cm³/mol. The highest BCUT2D eigenvalue weighted by atomic mass is 32.2. The number of benzene rings is 1. The van der Waals surface area contributed by atoms with Crippen LogP contribution in [-0.4, -0.2) is 49.2 Å². The molecule has 0 aromatic heterocycles. The van der Waals surface area contributed by atoms with E-state index < -0.39 is 10.0 Å². The Balaban J connectivity index is 1.58. The maximum atomic E-state index is 12.7. The van der Waals surface area contributed by atoms with Gasteiger partial charge in [0.1, 0.15) is 0 Å². The van der Waals surface area contributed by atoms with Gasteiger partial charge in [-0.05, 0) is 55.7 Å². The van der Waals surface area contributed by atoms with E-state index in [4.69, 9.17) is 0 Å². The maximum Gasteiger partial charge on any atom is 0.243 e. The Hall–Kier alpha value is -1.40. The fourth-order valence-corrected chi connectivity index (χ4v) is 5.23. The molecule has 1 heterocycles. The molecule has 2 fully saturated rings. The zero-order valence-electron chi connectivity index (χ0n) is 16.6. The van der Waals surface area contributed by atoms with Gasteiger partial charge in [0.2, 0.25) is 15.9 Å². The van der Waals surface area contributed by atoms with Gasteiger partial charge < -0.3 is 4.90 Å². The number of carbonyl (C=O) groups is 1. The van der Waals surface area contributed by atoms with Gasteiger partial charge in [-0.3, -0.25) is 4.79 Å². The van der Waals surface area contributed by atoms with Crippen molar-refractivity contribution < 1.29 is 13.2 Å². The van der Waals surface area contributed by atoms with Gasteiger partial charge >= 0.3 is 0 Å². The van der Waals surface area contributed by atoms with E-state index in [1.807, 2.05) is 17.0 Å². The molecule has 1 aliphatic carbocycles. The summed E-state index contributed by atoms with van der Waals surface area (Å²) in [6.07, 6.45) is 6.38. The van der Waals surface area contributed by atoms with E-state index in [1.165, 1.54) is 0 Å². The molecule has 5 nitrogen and oxygen atoms in total. The Morgan fingerprint density at radius 2 is 1.74 bits per heavy atom. The lowest BCUT2D eigenvalue weighted by atomic mass is 10.1. The molecule has 0 atom stereocenters. The molecule has 0 unspecified atom stereocenters. The number of amides is 1. The number of nitrogens with zero attached hydrogens (tertiary/aromatic N) is 2. The van der Waals surface area contributed by atoms with Crippen molar-refractivity contribution in [3.63, 3.8) is 0 Å². The standard InChI is InChI=1S/C21H32N2O3S/c1-17(2)16-23(19-9-10-19)21(24)13-8-18-6-11-20(12-7-18)27(25,26)22-14-4-3-5-15-22/h6-7,11-12,17,19H,3-5,8-10,13-16H2,1-2H3. The quantitative estimate of drug-likeness (QED) is 0.681. The van der Waals surface area contributed by atoms with Crippen molar-refractivity contribution in [2.75, 3.05) is 19.6 Å². The molecule has 2 aliphatic rings. The van der Waals surface area contributed by atoms with Crippen molar-refractivity contribution in [1.29, 1.82) is 0 Å². The Labute approximate surface area is 163 Å². The average Bonchev–Trinajstić information content (AvgIpc) is 3.50. The van der Waals surface area contributed by atoms with Gasteiger partial charge in [0.05, 0.1) is 4.90 Å². The number of hydrogen-bond acceptors (Lipinski definition) is 3. The summed E-state index contributed by atoms with van der Waals surface area (Å²) in [6.45, 7) is 6.35. The number of carbonyl (C=O) groups excluding carboxylic acids is 1. The van der Waals surface area contributed by atoms with E-state index in [9.17, 15) is 13.2 Å². The van der Waals surface area contributed by atoms with Crippen molar-refractivity contribution in [1.82, 2.24) is 9.21 Å². The van der Waals surface area contributed by atoms with E-state index >= 15 is 0 Å². The molecular formula is C21H32N2O3S. The topological polar surface area (TPSA) is 57.7 Å². The Kier molecular flexibility index (Phi) is 6.58. The van der Waals surface area contributed by atoms with Crippen LogP contribution in [-0.2, 0) is 21.2 Å². The second-order valence-corrected chi connectivity index (χ2v) is 10.2. The summed E-state index contributed by atoms with van der Waals surface area (Å²) in [4.78, 5) is 15.0. The van der Waals surface area contributed by atoms with Crippen LogP contribution in [0.5, 0.6) is 0 Å². The molecule has 1 saturated heterocycles. The van der Waals surface area contributed by atoms with Crippen LogP contribution in [0.25, 0.3) is 0 Å². The molecular weight excluding hydrogens is 360 g/mol. The largest absolute Gasteiger partial charge is 0.339 e. The third-order valence-corrected chi connectivity index (χ3v) is 7.29. The molecule has 150 valence electrons. The highest BCUT2D eigenvalue weighted by molar-refractivity contribution is 7.89. The predicted octanol–water partition coefficient (Wildman–Crippen LogP) is 3.44. The van der Waals surface area contributed by atoms with Gasteiger partial charge in [0, 0.05) is 32.1 Å². The van der Waals surface area contributed by atoms with E-state index in [1.54, 1.807) is 16.4 Å². The highest BCUT2D eigenvalue weighted by Crippen LogP contribution is 2.28.